The lowest BCUT2D eigenvalue weighted by Gasteiger charge is -2.10. The maximum atomic E-state index is 12.0. The van der Waals surface area contributed by atoms with Gasteiger partial charge in [-0.15, -0.1) is 0 Å². The van der Waals surface area contributed by atoms with E-state index in [2.05, 4.69) is 31.2 Å². The standard InChI is InChI=1S/C13H15BrN4O/c1-3-15-12-6-4-5-10(17-12)8-18-9(2)16-7-11(14)13(18)19/h4-7H,3,8H2,1-2H3,(H,15,17). The molecule has 0 saturated carbocycles. The lowest BCUT2D eigenvalue weighted by atomic mass is 10.3. The first-order chi connectivity index (χ1) is 9.11. The van der Waals surface area contributed by atoms with E-state index in [4.69, 9.17) is 0 Å². The van der Waals surface area contributed by atoms with E-state index < -0.39 is 0 Å². The van der Waals surface area contributed by atoms with Crippen molar-refractivity contribution in [1.29, 1.82) is 0 Å². The molecule has 0 aromatic carbocycles. The number of nitrogens with zero attached hydrogens (tertiary/aromatic N) is 3. The van der Waals surface area contributed by atoms with Crippen molar-refractivity contribution < 1.29 is 0 Å². The smallest absolute Gasteiger partial charge is 0.268 e. The van der Waals surface area contributed by atoms with Crippen LogP contribution in [0.4, 0.5) is 5.82 Å². The fourth-order valence-electron chi connectivity index (χ4n) is 1.75. The van der Waals surface area contributed by atoms with Gasteiger partial charge in [0.05, 0.1) is 12.2 Å². The molecule has 0 atom stereocenters. The van der Waals surface area contributed by atoms with Crippen LogP contribution in [0.2, 0.25) is 0 Å². The van der Waals surface area contributed by atoms with Crippen molar-refractivity contribution in [1.82, 2.24) is 14.5 Å². The molecule has 5 nitrogen and oxygen atoms in total. The summed E-state index contributed by atoms with van der Waals surface area (Å²) in [5.41, 5.74) is 0.728. The molecule has 100 valence electrons. The second-order valence-corrected chi connectivity index (χ2v) is 4.94. The minimum atomic E-state index is -0.0943. The Labute approximate surface area is 119 Å². The van der Waals surface area contributed by atoms with Crippen LogP contribution in [-0.2, 0) is 6.54 Å². The molecular formula is C13H15BrN4O. The van der Waals surface area contributed by atoms with Gasteiger partial charge in [0.25, 0.3) is 5.56 Å². The van der Waals surface area contributed by atoms with Crippen LogP contribution in [0.25, 0.3) is 0 Å². The van der Waals surface area contributed by atoms with Crippen molar-refractivity contribution in [2.45, 2.75) is 20.4 Å². The molecule has 2 heterocycles. The van der Waals surface area contributed by atoms with Gasteiger partial charge in [-0.2, -0.15) is 0 Å². The van der Waals surface area contributed by atoms with Crippen LogP contribution in [0.1, 0.15) is 18.4 Å². The Kier molecular flexibility index (Phi) is 4.31. The molecule has 2 aromatic rings. The van der Waals surface area contributed by atoms with Crippen LogP contribution in [0, 0.1) is 6.92 Å². The molecule has 0 bridgehead atoms. The Morgan fingerprint density at radius 1 is 1.42 bits per heavy atom. The number of hydrogen-bond acceptors (Lipinski definition) is 4. The number of aryl methyl sites for hydroxylation is 1. The SMILES string of the molecule is CCNc1cccc(Cn2c(C)ncc(Br)c2=O)n1. The molecule has 0 unspecified atom stereocenters. The number of hydrogen-bond donors (Lipinski definition) is 1. The molecule has 2 aromatic heterocycles. The molecule has 0 aliphatic rings. The number of rotatable bonds is 4. The van der Waals surface area contributed by atoms with Gasteiger partial charge in [0, 0.05) is 12.7 Å². The van der Waals surface area contributed by atoms with Gasteiger partial charge in [-0.25, -0.2) is 9.97 Å². The van der Waals surface area contributed by atoms with Crippen molar-refractivity contribution in [2.75, 3.05) is 11.9 Å². The third kappa shape index (κ3) is 3.20. The Morgan fingerprint density at radius 2 is 2.21 bits per heavy atom. The van der Waals surface area contributed by atoms with Crippen LogP contribution in [-0.4, -0.2) is 21.1 Å². The maximum Gasteiger partial charge on any atom is 0.268 e. The predicted molar refractivity (Wildman–Crippen MR) is 78.4 cm³/mol. The Balaban J connectivity index is 2.34. The van der Waals surface area contributed by atoms with E-state index in [1.54, 1.807) is 4.57 Å². The number of anilines is 1. The molecule has 0 radical (unpaired) electrons. The molecule has 0 spiro atoms. The summed E-state index contributed by atoms with van der Waals surface area (Å²) in [6, 6.07) is 5.72. The van der Waals surface area contributed by atoms with Gasteiger partial charge in [0.1, 0.15) is 16.1 Å². The molecule has 0 aliphatic heterocycles. The van der Waals surface area contributed by atoms with Gasteiger partial charge in [-0.3, -0.25) is 9.36 Å². The summed E-state index contributed by atoms with van der Waals surface area (Å²) in [7, 11) is 0. The predicted octanol–water partition coefficient (Wildman–Crippen LogP) is 2.19. The molecule has 0 aliphatic carbocycles. The quantitative estimate of drug-likeness (QED) is 0.937. The number of nitrogens with one attached hydrogen (secondary N) is 1. The average Bonchev–Trinajstić information content (AvgIpc) is 2.40. The largest absolute Gasteiger partial charge is 0.370 e. The average molecular weight is 323 g/mol. The normalized spacial score (nSPS) is 10.5. The van der Waals surface area contributed by atoms with E-state index >= 15 is 0 Å². The molecule has 0 fully saturated rings. The van der Waals surface area contributed by atoms with Crippen LogP contribution in [0.15, 0.2) is 33.7 Å². The first-order valence-electron chi connectivity index (χ1n) is 6.03. The summed E-state index contributed by atoms with van der Waals surface area (Å²) in [6.07, 6.45) is 1.52. The van der Waals surface area contributed by atoms with Crippen molar-refractivity contribution in [2.24, 2.45) is 0 Å². The molecule has 19 heavy (non-hydrogen) atoms. The van der Waals surface area contributed by atoms with Crippen molar-refractivity contribution in [3.63, 3.8) is 0 Å². The fourth-order valence-corrected chi connectivity index (χ4v) is 2.06. The highest BCUT2D eigenvalue weighted by Crippen LogP contribution is 2.07. The first-order valence-corrected chi connectivity index (χ1v) is 6.83. The fraction of sp³-hybridized carbons (Fsp3) is 0.308. The second-order valence-electron chi connectivity index (χ2n) is 4.09. The number of pyridine rings is 1. The van der Waals surface area contributed by atoms with Crippen LogP contribution in [0.3, 0.4) is 0 Å². The number of halogens is 1. The van der Waals surface area contributed by atoms with Gasteiger partial charge >= 0.3 is 0 Å². The van der Waals surface area contributed by atoms with Crippen LogP contribution >= 0.6 is 15.9 Å². The molecule has 1 N–H and O–H groups in total. The zero-order valence-electron chi connectivity index (χ0n) is 10.9. The summed E-state index contributed by atoms with van der Waals surface area (Å²) in [5, 5.41) is 3.15. The summed E-state index contributed by atoms with van der Waals surface area (Å²) in [5.74, 6) is 1.48. The van der Waals surface area contributed by atoms with E-state index in [1.807, 2.05) is 32.0 Å². The highest BCUT2D eigenvalue weighted by Gasteiger charge is 2.07. The minimum Gasteiger partial charge on any atom is -0.370 e. The highest BCUT2D eigenvalue weighted by molar-refractivity contribution is 9.10. The molecule has 6 heteroatoms. The van der Waals surface area contributed by atoms with Crippen LogP contribution in [0.5, 0.6) is 0 Å². The maximum absolute atomic E-state index is 12.0. The summed E-state index contributed by atoms with van der Waals surface area (Å²) < 4.78 is 2.06. The summed E-state index contributed by atoms with van der Waals surface area (Å²) in [4.78, 5) is 20.7. The third-order valence-electron chi connectivity index (χ3n) is 2.69. The lowest BCUT2D eigenvalue weighted by molar-refractivity contribution is 0.682. The monoisotopic (exact) mass is 322 g/mol. The Bertz CT molecular complexity index is 639. The zero-order chi connectivity index (χ0) is 13.8. The van der Waals surface area contributed by atoms with Gasteiger partial charge < -0.3 is 5.32 Å². The highest BCUT2D eigenvalue weighted by atomic mass is 79.9. The zero-order valence-corrected chi connectivity index (χ0v) is 12.4. The molecule has 0 saturated heterocycles. The molecular weight excluding hydrogens is 308 g/mol. The van der Waals surface area contributed by atoms with E-state index in [-0.39, 0.29) is 5.56 Å². The van der Waals surface area contributed by atoms with Crippen molar-refractivity contribution in [3.8, 4) is 0 Å². The van der Waals surface area contributed by atoms with E-state index in [0.717, 1.165) is 18.1 Å². The Hall–Kier alpha value is -1.69. The lowest BCUT2D eigenvalue weighted by Crippen LogP contribution is -2.25. The van der Waals surface area contributed by atoms with Gasteiger partial charge in [0.2, 0.25) is 0 Å². The van der Waals surface area contributed by atoms with Crippen molar-refractivity contribution in [3.05, 3.63) is 50.7 Å². The minimum absolute atomic E-state index is 0.0943. The second kappa shape index (κ2) is 5.97. The molecule has 0 amide bonds. The van der Waals surface area contributed by atoms with Gasteiger partial charge in [-0.1, -0.05) is 6.07 Å². The summed E-state index contributed by atoms with van der Waals surface area (Å²) >= 11 is 3.20. The topological polar surface area (TPSA) is 59.8 Å². The summed E-state index contributed by atoms with van der Waals surface area (Å²) in [6.45, 7) is 5.05. The third-order valence-corrected chi connectivity index (χ3v) is 3.23. The van der Waals surface area contributed by atoms with Crippen LogP contribution < -0.4 is 10.9 Å². The first kappa shape index (κ1) is 13.7. The van der Waals surface area contributed by atoms with Crippen molar-refractivity contribution >= 4 is 21.7 Å². The van der Waals surface area contributed by atoms with Gasteiger partial charge in [-0.05, 0) is 41.9 Å². The van der Waals surface area contributed by atoms with E-state index in [0.29, 0.717) is 16.8 Å². The van der Waals surface area contributed by atoms with E-state index in [9.17, 15) is 4.79 Å². The van der Waals surface area contributed by atoms with Gasteiger partial charge in [0.15, 0.2) is 0 Å². The Morgan fingerprint density at radius 3 is 2.95 bits per heavy atom. The van der Waals surface area contributed by atoms with E-state index in [1.165, 1.54) is 6.20 Å². The number of aromatic nitrogens is 3. The molecule has 2 rings (SSSR count).